The number of carbonyl (C=O) groups excluding carboxylic acids is 1. The maximum Gasteiger partial charge on any atom is 0.221 e. The Kier molecular flexibility index (Phi) is 6.66. The number of amides is 1. The first-order valence-corrected chi connectivity index (χ1v) is 12.9. The molecule has 3 atom stereocenters. The van der Waals surface area contributed by atoms with Crippen molar-refractivity contribution in [3.63, 3.8) is 0 Å². The summed E-state index contributed by atoms with van der Waals surface area (Å²) in [7, 11) is 0. The van der Waals surface area contributed by atoms with Gasteiger partial charge in [-0.2, -0.15) is 0 Å². The molecule has 35 heavy (non-hydrogen) atoms. The number of carbonyl (C=O) groups is 1. The molecule has 1 aliphatic carbocycles. The van der Waals surface area contributed by atoms with Crippen molar-refractivity contribution < 1.29 is 9.90 Å². The number of rotatable bonds is 7. The summed E-state index contributed by atoms with van der Waals surface area (Å²) < 4.78 is 0. The van der Waals surface area contributed by atoms with E-state index in [1.807, 2.05) is 24.3 Å². The molecule has 5 rings (SSSR count). The maximum atomic E-state index is 12.9. The first kappa shape index (κ1) is 23.6. The lowest BCUT2D eigenvalue weighted by Crippen LogP contribution is -2.58. The van der Waals surface area contributed by atoms with E-state index in [-0.39, 0.29) is 17.2 Å². The largest absolute Gasteiger partial charge is 0.508 e. The molecule has 0 saturated carbocycles. The van der Waals surface area contributed by atoms with Crippen molar-refractivity contribution in [2.75, 3.05) is 19.6 Å². The summed E-state index contributed by atoms with van der Waals surface area (Å²) in [4.78, 5) is 15.5. The third kappa shape index (κ3) is 4.72. The van der Waals surface area contributed by atoms with Gasteiger partial charge in [-0.1, -0.05) is 80.6 Å². The molecule has 1 amide bonds. The summed E-state index contributed by atoms with van der Waals surface area (Å²) in [5, 5.41) is 13.3. The van der Waals surface area contributed by atoms with Crippen molar-refractivity contribution in [3.05, 3.63) is 101 Å². The number of aromatic hydroxyl groups is 1. The highest BCUT2D eigenvalue weighted by atomic mass is 16.3. The molecule has 3 aromatic carbocycles. The number of fused-ring (bicyclic) bond motifs is 4. The van der Waals surface area contributed by atoms with Gasteiger partial charge in [0.2, 0.25) is 5.91 Å². The van der Waals surface area contributed by atoms with E-state index < -0.39 is 0 Å². The van der Waals surface area contributed by atoms with Crippen LogP contribution in [0.15, 0.2) is 78.9 Å². The minimum Gasteiger partial charge on any atom is -0.508 e. The summed E-state index contributed by atoms with van der Waals surface area (Å²) in [5.74, 6) is 1.10. The average molecular weight is 469 g/mol. The molecular formula is C31H36N2O2. The highest BCUT2D eigenvalue weighted by Crippen LogP contribution is 2.49. The van der Waals surface area contributed by atoms with Gasteiger partial charge < -0.3 is 10.4 Å². The minimum atomic E-state index is 0.0777. The smallest absolute Gasteiger partial charge is 0.221 e. The molecule has 2 N–H and O–H groups in total. The van der Waals surface area contributed by atoms with Gasteiger partial charge in [0.1, 0.15) is 5.75 Å². The molecule has 182 valence electrons. The number of phenols is 1. The molecule has 0 unspecified atom stereocenters. The van der Waals surface area contributed by atoms with E-state index in [9.17, 15) is 9.90 Å². The van der Waals surface area contributed by atoms with Gasteiger partial charge in [-0.15, -0.1) is 0 Å². The van der Waals surface area contributed by atoms with Gasteiger partial charge in [0, 0.05) is 31.5 Å². The van der Waals surface area contributed by atoms with E-state index in [0.29, 0.717) is 30.7 Å². The number of benzene rings is 3. The number of nitrogens with one attached hydrogen (secondary N) is 1. The predicted molar refractivity (Wildman–Crippen MR) is 141 cm³/mol. The van der Waals surface area contributed by atoms with Gasteiger partial charge in [-0.25, -0.2) is 0 Å². The highest BCUT2D eigenvalue weighted by Gasteiger charge is 2.48. The molecule has 1 aliphatic heterocycles. The number of phenolic OH excluding ortho intramolecular Hbond substituents is 1. The van der Waals surface area contributed by atoms with Crippen LogP contribution in [0.2, 0.25) is 0 Å². The van der Waals surface area contributed by atoms with Crippen LogP contribution in [-0.2, 0) is 16.6 Å². The van der Waals surface area contributed by atoms with Crippen molar-refractivity contribution in [1.82, 2.24) is 10.2 Å². The van der Waals surface area contributed by atoms with Crippen LogP contribution in [0.1, 0.15) is 54.9 Å². The Hall–Kier alpha value is -3.11. The summed E-state index contributed by atoms with van der Waals surface area (Å²) in [6, 6.07) is 27.1. The second-order valence-electron chi connectivity index (χ2n) is 10.5. The van der Waals surface area contributed by atoms with E-state index >= 15 is 0 Å². The summed E-state index contributed by atoms with van der Waals surface area (Å²) in [6.45, 7) is 7.06. The van der Waals surface area contributed by atoms with E-state index in [4.69, 9.17) is 0 Å². The Bertz CT molecular complexity index is 1120. The predicted octanol–water partition coefficient (Wildman–Crippen LogP) is 5.25. The number of hydrogen-bond acceptors (Lipinski definition) is 3. The van der Waals surface area contributed by atoms with E-state index in [0.717, 1.165) is 25.9 Å². The number of nitrogens with zero attached hydrogens (tertiary/aromatic N) is 1. The minimum absolute atomic E-state index is 0.0777. The number of piperidine rings is 1. The fourth-order valence-electron chi connectivity index (χ4n) is 6.32. The van der Waals surface area contributed by atoms with E-state index in [1.54, 1.807) is 0 Å². The first-order chi connectivity index (χ1) is 17.0. The highest BCUT2D eigenvalue weighted by molar-refractivity contribution is 5.76. The zero-order valence-electron chi connectivity index (χ0n) is 20.8. The summed E-state index contributed by atoms with van der Waals surface area (Å²) >= 11 is 0. The number of hydrogen-bond donors (Lipinski definition) is 2. The van der Waals surface area contributed by atoms with Crippen LogP contribution in [0.25, 0.3) is 0 Å². The average Bonchev–Trinajstić information content (AvgIpc) is 2.88. The SMILES string of the molecule is C[C@H]1[C@H]2Cc3ccc(O)cc3[C@]1(C)CCN2CCC(=O)NCC(c1ccccc1)c1ccccc1. The standard InChI is InChI=1S/C31H36N2O2/c1-22-29-19-25-13-14-26(34)20-28(25)31(22,2)16-18-33(29)17-15-30(35)32-21-27(23-9-5-3-6-10-23)24-11-7-4-8-12-24/h3-14,20,22,27,29,34H,15-19,21H2,1-2H3,(H,32,35)/t22-,29+,31+/m0/s1. The third-order valence-electron chi connectivity index (χ3n) is 8.64. The van der Waals surface area contributed by atoms with Crippen LogP contribution in [0.4, 0.5) is 0 Å². The lowest BCUT2D eigenvalue weighted by atomic mass is 9.59. The maximum absolute atomic E-state index is 12.9. The van der Waals surface area contributed by atoms with Crippen molar-refractivity contribution in [2.45, 2.75) is 50.5 Å². The Balaban J connectivity index is 1.22. The van der Waals surface area contributed by atoms with E-state index in [2.05, 4.69) is 78.7 Å². The summed E-state index contributed by atoms with van der Waals surface area (Å²) in [6.07, 6.45) is 2.55. The lowest BCUT2D eigenvalue weighted by molar-refractivity contribution is -0.121. The van der Waals surface area contributed by atoms with Gasteiger partial charge in [0.05, 0.1) is 0 Å². The van der Waals surface area contributed by atoms with Crippen LogP contribution < -0.4 is 5.32 Å². The molecule has 0 spiro atoms. The van der Waals surface area contributed by atoms with Crippen molar-refractivity contribution >= 4 is 5.91 Å². The molecule has 1 heterocycles. The molecule has 2 bridgehead atoms. The Morgan fingerprint density at radius 2 is 1.71 bits per heavy atom. The van der Waals surface area contributed by atoms with Crippen LogP contribution in [0.3, 0.4) is 0 Å². The zero-order valence-corrected chi connectivity index (χ0v) is 20.8. The van der Waals surface area contributed by atoms with Crippen LogP contribution in [-0.4, -0.2) is 41.6 Å². The zero-order chi connectivity index (χ0) is 24.4. The molecule has 1 fully saturated rings. The van der Waals surface area contributed by atoms with Crippen LogP contribution in [0.5, 0.6) is 5.75 Å². The van der Waals surface area contributed by atoms with Gasteiger partial charge in [-0.05, 0) is 65.1 Å². The van der Waals surface area contributed by atoms with E-state index in [1.165, 1.54) is 22.3 Å². The van der Waals surface area contributed by atoms with Gasteiger partial charge in [0.15, 0.2) is 0 Å². The van der Waals surface area contributed by atoms with Crippen LogP contribution in [0, 0.1) is 5.92 Å². The molecule has 2 aliphatic rings. The number of likely N-dealkylation sites (tertiary alicyclic amines) is 1. The van der Waals surface area contributed by atoms with Gasteiger partial charge in [-0.3, -0.25) is 9.69 Å². The summed E-state index contributed by atoms with van der Waals surface area (Å²) in [5.41, 5.74) is 5.17. The fourth-order valence-corrected chi connectivity index (χ4v) is 6.32. The third-order valence-corrected chi connectivity index (χ3v) is 8.64. The molecular weight excluding hydrogens is 432 g/mol. The lowest BCUT2D eigenvalue weighted by Gasteiger charge is -2.54. The molecule has 3 aromatic rings. The van der Waals surface area contributed by atoms with Crippen molar-refractivity contribution in [3.8, 4) is 5.75 Å². The Morgan fingerprint density at radius 3 is 2.37 bits per heavy atom. The quantitative estimate of drug-likeness (QED) is 0.498. The van der Waals surface area contributed by atoms with Crippen LogP contribution >= 0.6 is 0 Å². The molecule has 1 saturated heterocycles. The van der Waals surface area contributed by atoms with Gasteiger partial charge in [0.25, 0.3) is 0 Å². The Labute approximate surface area is 209 Å². The van der Waals surface area contributed by atoms with Gasteiger partial charge >= 0.3 is 0 Å². The second-order valence-corrected chi connectivity index (χ2v) is 10.5. The second kappa shape index (κ2) is 9.87. The molecule has 4 nitrogen and oxygen atoms in total. The normalized spacial score (nSPS) is 23.6. The monoisotopic (exact) mass is 468 g/mol. The molecule has 0 radical (unpaired) electrons. The van der Waals surface area contributed by atoms with Crippen molar-refractivity contribution in [1.29, 1.82) is 0 Å². The molecule has 0 aromatic heterocycles. The van der Waals surface area contributed by atoms with Crippen molar-refractivity contribution in [2.24, 2.45) is 5.92 Å². The topological polar surface area (TPSA) is 52.6 Å². The fraction of sp³-hybridized carbons (Fsp3) is 0.387. The molecule has 4 heteroatoms. The first-order valence-electron chi connectivity index (χ1n) is 12.9. The Morgan fingerprint density at radius 1 is 1.06 bits per heavy atom.